The van der Waals surface area contributed by atoms with Crippen molar-refractivity contribution < 1.29 is 9.26 Å². The van der Waals surface area contributed by atoms with Crippen LogP contribution >= 0.6 is 23.2 Å². The quantitative estimate of drug-likeness (QED) is 0.251. The number of hydrogen-bond donors (Lipinski definition) is 0. The van der Waals surface area contributed by atoms with Crippen molar-refractivity contribution in [3.8, 4) is 34.4 Å². The molecule has 2 aromatic heterocycles. The van der Waals surface area contributed by atoms with Crippen LogP contribution in [-0.4, -0.2) is 19.9 Å². The van der Waals surface area contributed by atoms with Crippen LogP contribution in [0.25, 0.3) is 28.7 Å². The van der Waals surface area contributed by atoms with Gasteiger partial charge in [-0.2, -0.15) is 10.1 Å². The lowest BCUT2D eigenvalue weighted by molar-refractivity contribution is 0.306. The third-order valence-corrected chi connectivity index (χ3v) is 6.60. The Labute approximate surface area is 212 Å². The van der Waals surface area contributed by atoms with Gasteiger partial charge in [0.15, 0.2) is 5.69 Å². The first kappa shape index (κ1) is 21.9. The van der Waals surface area contributed by atoms with Crippen LogP contribution < -0.4 is 4.74 Å². The Kier molecular flexibility index (Phi) is 5.76. The summed E-state index contributed by atoms with van der Waals surface area (Å²) in [4.78, 5) is 4.65. The monoisotopic (exact) mass is 502 g/mol. The molecule has 6 nitrogen and oxygen atoms in total. The molecule has 1 aliphatic carbocycles. The van der Waals surface area contributed by atoms with Crippen LogP contribution in [0, 0.1) is 0 Å². The van der Waals surface area contributed by atoms with Gasteiger partial charge in [0, 0.05) is 21.8 Å². The fraction of sp³-hybridized carbons (Fsp3) is 0.148. The van der Waals surface area contributed by atoms with Crippen LogP contribution in [0.2, 0.25) is 10.0 Å². The number of ether oxygens (including phenoxy) is 1. The predicted molar refractivity (Wildman–Crippen MR) is 135 cm³/mol. The van der Waals surface area contributed by atoms with Crippen molar-refractivity contribution in [2.45, 2.75) is 25.9 Å². The molecule has 35 heavy (non-hydrogen) atoms. The molecule has 5 aromatic rings. The van der Waals surface area contributed by atoms with E-state index in [1.807, 2.05) is 71.4 Å². The fourth-order valence-electron chi connectivity index (χ4n) is 4.34. The van der Waals surface area contributed by atoms with E-state index in [0.29, 0.717) is 34.1 Å². The van der Waals surface area contributed by atoms with Gasteiger partial charge in [-0.25, -0.2) is 4.68 Å². The largest absolute Gasteiger partial charge is 0.489 e. The molecule has 0 unspecified atom stereocenters. The fourth-order valence-corrected chi connectivity index (χ4v) is 4.83. The molecule has 6 rings (SSSR count). The zero-order valence-electron chi connectivity index (χ0n) is 18.6. The molecule has 174 valence electrons. The number of aromatic nitrogens is 4. The molecule has 1 aliphatic rings. The lowest BCUT2D eigenvalue weighted by Crippen LogP contribution is -2.02. The van der Waals surface area contributed by atoms with E-state index in [-0.39, 0.29) is 0 Å². The molecule has 0 radical (unpaired) electrons. The molecule has 8 heteroatoms. The summed E-state index contributed by atoms with van der Waals surface area (Å²) in [7, 11) is 0. The molecule has 0 saturated carbocycles. The van der Waals surface area contributed by atoms with Crippen molar-refractivity contribution in [1.82, 2.24) is 19.9 Å². The molecule has 3 aromatic carbocycles. The average molecular weight is 503 g/mol. The molecular weight excluding hydrogens is 483 g/mol. The van der Waals surface area contributed by atoms with Crippen molar-refractivity contribution >= 4 is 23.2 Å². The maximum absolute atomic E-state index is 6.47. The smallest absolute Gasteiger partial charge is 0.279 e. The minimum atomic E-state index is 0.395. The average Bonchev–Trinajstić information content (AvgIpc) is 3.62. The molecule has 0 amide bonds. The van der Waals surface area contributed by atoms with Crippen LogP contribution in [0.4, 0.5) is 0 Å². The van der Waals surface area contributed by atoms with E-state index < -0.39 is 0 Å². The Balaban J connectivity index is 1.25. The number of hydrogen-bond acceptors (Lipinski definition) is 5. The van der Waals surface area contributed by atoms with E-state index in [4.69, 9.17) is 37.6 Å². The predicted octanol–water partition coefficient (Wildman–Crippen LogP) is 6.96. The summed E-state index contributed by atoms with van der Waals surface area (Å²) >= 11 is 12.6. The maximum atomic E-state index is 6.47. The van der Waals surface area contributed by atoms with Crippen molar-refractivity contribution in [3.63, 3.8) is 0 Å². The lowest BCUT2D eigenvalue weighted by Gasteiger charge is -2.07. The minimum Gasteiger partial charge on any atom is -0.489 e. The first-order chi connectivity index (χ1) is 17.2. The standard InChI is InChI=1S/C27H20Cl2N4O2/c28-19-11-14-24(22(29)15-19)33-23-8-4-7-21(23)25(31-33)27-30-26(32-35-27)18-9-12-20(13-10-18)34-16-17-5-2-1-3-6-17/h1-3,5-6,9-15H,4,7-8,16H2. The van der Waals surface area contributed by atoms with Crippen LogP contribution in [0.1, 0.15) is 23.2 Å². The van der Waals surface area contributed by atoms with E-state index in [1.54, 1.807) is 6.07 Å². The molecule has 0 fully saturated rings. The van der Waals surface area contributed by atoms with Crippen molar-refractivity contribution in [2.24, 2.45) is 0 Å². The molecular formula is C27H20Cl2N4O2. The molecule has 0 atom stereocenters. The first-order valence-electron chi connectivity index (χ1n) is 11.3. The van der Waals surface area contributed by atoms with Gasteiger partial charge in [0.05, 0.1) is 10.7 Å². The zero-order chi connectivity index (χ0) is 23.8. The van der Waals surface area contributed by atoms with Gasteiger partial charge in [-0.1, -0.05) is 58.7 Å². The molecule has 0 N–H and O–H groups in total. The lowest BCUT2D eigenvalue weighted by atomic mass is 10.2. The van der Waals surface area contributed by atoms with Gasteiger partial charge >= 0.3 is 0 Å². The highest BCUT2D eigenvalue weighted by atomic mass is 35.5. The van der Waals surface area contributed by atoms with Gasteiger partial charge in [-0.3, -0.25) is 0 Å². The summed E-state index contributed by atoms with van der Waals surface area (Å²) in [5, 5.41) is 10.1. The van der Waals surface area contributed by atoms with Gasteiger partial charge in [0.1, 0.15) is 12.4 Å². The van der Waals surface area contributed by atoms with Crippen LogP contribution in [0.15, 0.2) is 77.3 Å². The van der Waals surface area contributed by atoms with Gasteiger partial charge in [-0.05, 0) is 67.3 Å². The Hall–Kier alpha value is -3.61. The van der Waals surface area contributed by atoms with E-state index in [0.717, 1.165) is 53.1 Å². The summed E-state index contributed by atoms with van der Waals surface area (Å²) in [6, 6.07) is 23.1. The van der Waals surface area contributed by atoms with Crippen LogP contribution in [0.3, 0.4) is 0 Å². The van der Waals surface area contributed by atoms with E-state index in [2.05, 4.69) is 10.1 Å². The van der Waals surface area contributed by atoms with E-state index in [1.165, 1.54) is 0 Å². The second-order valence-corrected chi connectivity index (χ2v) is 9.20. The van der Waals surface area contributed by atoms with Gasteiger partial charge < -0.3 is 9.26 Å². The number of fused-ring (bicyclic) bond motifs is 1. The van der Waals surface area contributed by atoms with Crippen molar-refractivity contribution in [1.29, 1.82) is 0 Å². The second kappa shape index (κ2) is 9.21. The summed E-state index contributed by atoms with van der Waals surface area (Å²) in [5.74, 6) is 1.67. The number of benzene rings is 3. The van der Waals surface area contributed by atoms with E-state index in [9.17, 15) is 0 Å². The first-order valence-corrected chi connectivity index (χ1v) is 12.1. The summed E-state index contributed by atoms with van der Waals surface area (Å²) in [6.07, 6.45) is 2.85. The number of halogens is 2. The highest BCUT2D eigenvalue weighted by Crippen LogP contribution is 2.36. The zero-order valence-corrected chi connectivity index (χ0v) is 20.1. The minimum absolute atomic E-state index is 0.395. The molecule has 0 aliphatic heterocycles. The normalized spacial score (nSPS) is 12.6. The summed E-state index contributed by atoms with van der Waals surface area (Å²) in [6.45, 7) is 0.512. The summed E-state index contributed by atoms with van der Waals surface area (Å²) in [5.41, 5.74) is 5.67. The molecule has 0 spiro atoms. The highest BCUT2D eigenvalue weighted by molar-refractivity contribution is 6.35. The highest BCUT2D eigenvalue weighted by Gasteiger charge is 2.28. The van der Waals surface area contributed by atoms with Gasteiger partial charge in [0.25, 0.3) is 5.89 Å². The van der Waals surface area contributed by atoms with Crippen LogP contribution in [0.5, 0.6) is 5.75 Å². The second-order valence-electron chi connectivity index (χ2n) is 8.36. The number of nitrogens with zero attached hydrogens (tertiary/aromatic N) is 4. The van der Waals surface area contributed by atoms with Crippen molar-refractivity contribution in [2.75, 3.05) is 0 Å². The van der Waals surface area contributed by atoms with Crippen molar-refractivity contribution in [3.05, 3.63) is 99.7 Å². The third kappa shape index (κ3) is 4.31. The van der Waals surface area contributed by atoms with Gasteiger partial charge in [-0.15, -0.1) is 0 Å². The van der Waals surface area contributed by atoms with E-state index >= 15 is 0 Å². The van der Waals surface area contributed by atoms with Crippen LogP contribution in [-0.2, 0) is 19.4 Å². The summed E-state index contributed by atoms with van der Waals surface area (Å²) < 4.78 is 13.4. The Morgan fingerprint density at radius 3 is 2.57 bits per heavy atom. The SMILES string of the molecule is Clc1ccc(-n2nc(-c3nc(-c4ccc(OCc5ccccc5)cc4)no3)c3c2CCC3)c(Cl)c1. The third-order valence-electron chi connectivity index (χ3n) is 6.06. The number of rotatable bonds is 6. The maximum Gasteiger partial charge on any atom is 0.279 e. The Morgan fingerprint density at radius 1 is 0.943 bits per heavy atom. The Bertz CT molecular complexity index is 1490. The molecule has 0 bridgehead atoms. The van der Waals surface area contributed by atoms with Gasteiger partial charge in [0.2, 0.25) is 5.82 Å². The molecule has 2 heterocycles. The topological polar surface area (TPSA) is 66.0 Å². The molecule has 0 saturated heterocycles. The Morgan fingerprint density at radius 2 is 1.77 bits per heavy atom.